The zero-order valence-electron chi connectivity index (χ0n) is 9.17. The molecule has 88 valence electrons. The molecular formula is C12H15F2NO. The van der Waals surface area contributed by atoms with E-state index in [-0.39, 0.29) is 12.2 Å². The molecule has 0 bridgehead atoms. The smallest absolute Gasteiger partial charge is 0.159 e. The molecule has 2 atom stereocenters. The van der Waals surface area contributed by atoms with Crippen LogP contribution in [0, 0.1) is 11.6 Å². The zero-order chi connectivity index (χ0) is 11.5. The maximum Gasteiger partial charge on any atom is 0.159 e. The Bertz CT molecular complexity index is 370. The van der Waals surface area contributed by atoms with Crippen LogP contribution in [0.5, 0.6) is 0 Å². The number of halogens is 2. The molecule has 0 radical (unpaired) electrons. The Morgan fingerprint density at radius 3 is 2.81 bits per heavy atom. The molecule has 4 heteroatoms. The van der Waals surface area contributed by atoms with Crippen LogP contribution < -0.4 is 5.32 Å². The van der Waals surface area contributed by atoms with Crippen molar-refractivity contribution in [3.05, 3.63) is 35.4 Å². The van der Waals surface area contributed by atoms with Crippen molar-refractivity contribution in [2.45, 2.75) is 25.6 Å². The van der Waals surface area contributed by atoms with E-state index in [9.17, 15) is 8.78 Å². The van der Waals surface area contributed by atoms with E-state index in [4.69, 9.17) is 4.74 Å². The summed E-state index contributed by atoms with van der Waals surface area (Å²) in [6.45, 7) is 3.50. The first-order valence-corrected chi connectivity index (χ1v) is 5.52. The van der Waals surface area contributed by atoms with E-state index in [0.29, 0.717) is 12.1 Å². The number of hydrogen-bond acceptors (Lipinski definition) is 2. The lowest BCUT2D eigenvalue weighted by Gasteiger charge is -2.30. The molecule has 2 nitrogen and oxygen atoms in total. The van der Waals surface area contributed by atoms with E-state index in [2.05, 4.69) is 5.32 Å². The van der Waals surface area contributed by atoms with Crippen LogP contribution in [0.3, 0.4) is 0 Å². The second kappa shape index (κ2) is 4.89. The molecule has 0 saturated carbocycles. The Hall–Kier alpha value is -1.00. The monoisotopic (exact) mass is 227 g/mol. The van der Waals surface area contributed by atoms with Crippen LogP contribution in [0.4, 0.5) is 8.78 Å². The molecule has 1 aromatic rings. The minimum atomic E-state index is -0.820. The Balaban J connectivity index is 2.13. The fourth-order valence-corrected chi connectivity index (χ4v) is 1.85. The molecular weight excluding hydrogens is 212 g/mol. The van der Waals surface area contributed by atoms with Gasteiger partial charge in [0.2, 0.25) is 0 Å². The third-order valence-electron chi connectivity index (χ3n) is 2.83. The first kappa shape index (κ1) is 11.5. The Kier molecular flexibility index (Phi) is 3.51. The molecule has 16 heavy (non-hydrogen) atoms. The second-order valence-electron chi connectivity index (χ2n) is 3.99. The molecule has 1 N–H and O–H groups in total. The van der Waals surface area contributed by atoms with Crippen molar-refractivity contribution in [3.8, 4) is 0 Å². The summed E-state index contributed by atoms with van der Waals surface area (Å²) in [5.41, 5.74) is 0.685. The van der Waals surface area contributed by atoms with Crippen LogP contribution >= 0.6 is 0 Å². The highest BCUT2D eigenvalue weighted by Crippen LogP contribution is 2.23. The minimum absolute atomic E-state index is 0.145. The Morgan fingerprint density at radius 1 is 1.31 bits per heavy atom. The third-order valence-corrected chi connectivity index (χ3v) is 2.83. The molecule has 1 aliphatic heterocycles. The van der Waals surface area contributed by atoms with E-state index in [1.54, 1.807) is 6.07 Å². The van der Waals surface area contributed by atoms with Gasteiger partial charge in [0.1, 0.15) is 0 Å². The lowest BCUT2D eigenvalue weighted by Crippen LogP contribution is -2.40. The van der Waals surface area contributed by atoms with E-state index >= 15 is 0 Å². The van der Waals surface area contributed by atoms with Crippen LogP contribution in [0.2, 0.25) is 0 Å². The molecule has 1 heterocycles. The summed E-state index contributed by atoms with van der Waals surface area (Å²) in [5.74, 6) is -1.64. The predicted molar refractivity (Wildman–Crippen MR) is 57.1 cm³/mol. The standard InChI is InChI=1S/C12H15F2NO/c1-2-9-6-15-7-12(16-9)8-3-4-10(13)11(14)5-8/h3-5,9,12,15H,2,6-7H2,1H3. The van der Waals surface area contributed by atoms with Gasteiger partial charge < -0.3 is 10.1 Å². The quantitative estimate of drug-likeness (QED) is 0.837. The molecule has 0 aliphatic carbocycles. The second-order valence-corrected chi connectivity index (χ2v) is 3.99. The van der Waals surface area contributed by atoms with E-state index < -0.39 is 11.6 Å². The van der Waals surface area contributed by atoms with Crippen molar-refractivity contribution in [3.63, 3.8) is 0 Å². The number of hydrogen-bond donors (Lipinski definition) is 1. The van der Waals surface area contributed by atoms with Gasteiger partial charge >= 0.3 is 0 Å². The number of rotatable bonds is 2. The molecule has 0 spiro atoms. The maximum absolute atomic E-state index is 13.1. The molecule has 2 rings (SSSR count). The molecule has 1 aromatic carbocycles. The van der Waals surface area contributed by atoms with Gasteiger partial charge in [-0.05, 0) is 24.1 Å². The lowest BCUT2D eigenvalue weighted by atomic mass is 10.1. The van der Waals surface area contributed by atoms with Crippen LogP contribution in [0.25, 0.3) is 0 Å². The van der Waals surface area contributed by atoms with Crippen LogP contribution in [0.1, 0.15) is 25.0 Å². The van der Waals surface area contributed by atoms with Gasteiger partial charge in [-0.2, -0.15) is 0 Å². The van der Waals surface area contributed by atoms with E-state index in [1.165, 1.54) is 6.07 Å². The first-order valence-electron chi connectivity index (χ1n) is 5.52. The van der Waals surface area contributed by atoms with Gasteiger partial charge in [0.05, 0.1) is 12.2 Å². The normalized spacial score (nSPS) is 25.7. The summed E-state index contributed by atoms with van der Waals surface area (Å²) in [4.78, 5) is 0. The average molecular weight is 227 g/mol. The highest BCUT2D eigenvalue weighted by molar-refractivity contribution is 5.21. The first-order chi connectivity index (χ1) is 7.70. The molecule has 1 aliphatic rings. The van der Waals surface area contributed by atoms with Gasteiger partial charge in [-0.1, -0.05) is 13.0 Å². The summed E-state index contributed by atoms with van der Waals surface area (Å²) < 4.78 is 31.6. The average Bonchev–Trinajstić information content (AvgIpc) is 2.33. The van der Waals surface area contributed by atoms with E-state index in [1.807, 2.05) is 6.92 Å². The van der Waals surface area contributed by atoms with Crippen molar-refractivity contribution >= 4 is 0 Å². The largest absolute Gasteiger partial charge is 0.368 e. The van der Waals surface area contributed by atoms with Crippen molar-refractivity contribution in [1.82, 2.24) is 5.32 Å². The van der Waals surface area contributed by atoms with Crippen LogP contribution in [-0.2, 0) is 4.74 Å². The van der Waals surface area contributed by atoms with Gasteiger partial charge in [-0.25, -0.2) is 8.78 Å². The van der Waals surface area contributed by atoms with Crippen LogP contribution in [-0.4, -0.2) is 19.2 Å². The Morgan fingerprint density at radius 2 is 2.12 bits per heavy atom. The number of benzene rings is 1. The van der Waals surface area contributed by atoms with Gasteiger partial charge in [-0.3, -0.25) is 0 Å². The van der Waals surface area contributed by atoms with Crippen molar-refractivity contribution in [1.29, 1.82) is 0 Å². The molecule has 1 saturated heterocycles. The van der Waals surface area contributed by atoms with Gasteiger partial charge in [0.25, 0.3) is 0 Å². The van der Waals surface area contributed by atoms with Gasteiger partial charge in [0, 0.05) is 13.1 Å². The van der Waals surface area contributed by atoms with E-state index in [0.717, 1.165) is 19.0 Å². The highest BCUT2D eigenvalue weighted by Gasteiger charge is 2.22. The summed E-state index contributed by atoms with van der Waals surface area (Å²) in [6, 6.07) is 3.92. The highest BCUT2D eigenvalue weighted by atomic mass is 19.2. The molecule has 0 aromatic heterocycles. The summed E-state index contributed by atoms with van der Waals surface area (Å²) in [5, 5.41) is 3.23. The number of nitrogens with one attached hydrogen (secondary N) is 1. The van der Waals surface area contributed by atoms with Crippen molar-refractivity contribution in [2.75, 3.05) is 13.1 Å². The Labute approximate surface area is 93.6 Å². The topological polar surface area (TPSA) is 21.3 Å². The fourth-order valence-electron chi connectivity index (χ4n) is 1.85. The summed E-state index contributed by atoms with van der Waals surface area (Å²) in [6.07, 6.45) is 0.869. The molecule has 1 fully saturated rings. The fraction of sp³-hybridized carbons (Fsp3) is 0.500. The van der Waals surface area contributed by atoms with Crippen molar-refractivity contribution < 1.29 is 13.5 Å². The third kappa shape index (κ3) is 2.39. The molecule has 0 amide bonds. The van der Waals surface area contributed by atoms with Gasteiger partial charge in [0.15, 0.2) is 11.6 Å². The number of morpholine rings is 1. The maximum atomic E-state index is 13.1. The number of ether oxygens (including phenoxy) is 1. The van der Waals surface area contributed by atoms with Crippen LogP contribution in [0.15, 0.2) is 18.2 Å². The van der Waals surface area contributed by atoms with Crippen molar-refractivity contribution in [2.24, 2.45) is 0 Å². The van der Waals surface area contributed by atoms with Gasteiger partial charge in [-0.15, -0.1) is 0 Å². The zero-order valence-corrected chi connectivity index (χ0v) is 9.17. The summed E-state index contributed by atoms with van der Waals surface area (Å²) >= 11 is 0. The lowest BCUT2D eigenvalue weighted by molar-refractivity contribution is -0.0401. The molecule has 2 unspecified atom stereocenters. The minimum Gasteiger partial charge on any atom is -0.368 e. The predicted octanol–water partition coefficient (Wildman–Crippen LogP) is 2.40. The SMILES string of the molecule is CCC1CNCC(c2ccc(F)c(F)c2)O1. The summed E-state index contributed by atoms with van der Waals surface area (Å²) in [7, 11) is 0.